The number of halogens is 3. The number of sulfone groups is 1. The largest absolute Gasteiger partial charge is 0.229 e. The van der Waals surface area contributed by atoms with Crippen molar-refractivity contribution in [1.82, 2.24) is 0 Å². The zero-order valence-corrected chi connectivity index (χ0v) is 15.5. The molecule has 0 amide bonds. The normalized spacial score (nSPS) is 12.9. The maximum atomic E-state index is 12.0. The van der Waals surface area contributed by atoms with Gasteiger partial charge < -0.3 is 0 Å². The van der Waals surface area contributed by atoms with Crippen LogP contribution in [0, 0.1) is 0 Å². The van der Waals surface area contributed by atoms with Crippen LogP contribution >= 0.6 is 39.1 Å². The molecule has 0 heterocycles. The summed E-state index contributed by atoms with van der Waals surface area (Å²) in [5.41, 5.74) is 0.425. The molecular formula is C14H19BrCl2O2S. The fourth-order valence-corrected chi connectivity index (χ4v) is 4.61. The first-order chi connectivity index (χ1) is 9.29. The number of rotatable bonds is 7. The monoisotopic (exact) mass is 400 g/mol. The minimum absolute atomic E-state index is 0.0887. The Morgan fingerprint density at radius 1 is 1.20 bits per heavy atom. The van der Waals surface area contributed by atoms with E-state index in [2.05, 4.69) is 15.9 Å². The molecule has 1 rings (SSSR count). The lowest BCUT2D eigenvalue weighted by Crippen LogP contribution is -2.34. The molecule has 0 spiro atoms. The van der Waals surface area contributed by atoms with E-state index in [4.69, 9.17) is 23.2 Å². The van der Waals surface area contributed by atoms with Gasteiger partial charge in [-0.15, -0.1) is 23.2 Å². The molecule has 0 saturated carbocycles. The second-order valence-electron chi connectivity index (χ2n) is 5.19. The average Bonchev–Trinajstić information content (AvgIpc) is 2.42. The SMILES string of the molecule is CC(C)S(=O)(=O)CCC(CCl)(CCl)c1ccccc1Br. The van der Waals surface area contributed by atoms with Gasteiger partial charge in [0.15, 0.2) is 9.84 Å². The first-order valence-corrected chi connectivity index (χ1v) is 9.95. The molecular weight excluding hydrogens is 383 g/mol. The van der Waals surface area contributed by atoms with Crippen LogP contribution in [-0.2, 0) is 15.3 Å². The molecule has 0 fully saturated rings. The molecule has 114 valence electrons. The van der Waals surface area contributed by atoms with E-state index in [1.807, 2.05) is 24.3 Å². The van der Waals surface area contributed by atoms with E-state index in [1.165, 1.54) is 0 Å². The Morgan fingerprint density at radius 3 is 2.20 bits per heavy atom. The van der Waals surface area contributed by atoms with Gasteiger partial charge in [0, 0.05) is 21.6 Å². The lowest BCUT2D eigenvalue weighted by atomic mass is 9.82. The molecule has 0 atom stereocenters. The fourth-order valence-electron chi connectivity index (χ4n) is 1.91. The molecule has 0 aliphatic rings. The summed E-state index contributed by atoms with van der Waals surface area (Å²) in [7, 11) is -3.11. The number of hydrogen-bond acceptors (Lipinski definition) is 2. The van der Waals surface area contributed by atoms with Crippen LogP contribution in [0.25, 0.3) is 0 Å². The third-order valence-electron chi connectivity index (χ3n) is 3.54. The van der Waals surface area contributed by atoms with Gasteiger partial charge in [0.1, 0.15) is 0 Å². The highest BCUT2D eigenvalue weighted by Gasteiger charge is 2.34. The molecule has 1 aromatic carbocycles. The van der Waals surface area contributed by atoms with E-state index in [9.17, 15) is 8.42 Å². The molecule has 1 aromatic rings. The van der Waals surface area contributed by atoms with Crippen LogP contribution in [0.1, 0.15) is 25.8 Å². The predicted octanol–water partition coefficient (Wildman–Crippen LogP) is 4.38. The fraction of sp³-hybridized carbons (Fsp3) is 0.571. The van der Waals surface area contributed by atoms with Gasteiger partial charge in [-0.05, 0) is 31.9 Å². The van der Waals surface area contributed by atoms with Crippen molar-refractivity contribution >= 4 is 49.0 Å². The van der Waals surface area contributed by atoms with Crippen LogP contribution in [0.5, 0.6) is 0 Å². The second kappa shape index (κ2) is 7.48. The van der Waals surface area contributed by atoms with E-state index < -0.39 is 15.3 Å². The summed E-state index contributed by atoms with van der Waals surface area (Å²) in [6.07, 6.45) is 0.420. The Hall–Kier alpha value is 0.230. The Bertz CT molecular complexity index is 540. The highest BCUT2D eigenvalue weighted by molar-refractivity contribution is 9.10. The van der Waals surface area contributed by atoms with Crippen molar-refractivity contribution < 1.29 is 8.42 Å². The minimum Gasteiger partial charge on any atom is -0.229 e. The third-order valence-corrected chi connectivity index (χ3v) is 7.46. The summed E-state index contributed by atoms with van der Waals surface area (Å²) in [4.78, 5) is 0. The quantitative estimate of drug-likeness (QED) is 0.635. The van der Waals surface area contributed by atoms with Crippen molar-refractivity contribution in [2.75, 3.05) is 17.5 Å². The van der Waals surface area contributed by atoms with Crippen molar-refractivity contribution in [2.24, 2.45) is 0 Å². The van der Waals surface area contributed by atoms with Gasteiger partial charge >= 0.3 is 0 Å². The van der Waals surface area contributed by atoms with Crippen LogP contribution in [0.2, 0.25) is 0 Å². The van der Waals surface area contributed by atoms with Gasteiger partial charge in [-0.3, -0.25) is 0 Å². The smallest absolute Gasteiger partial charge is 0.152 e. The zero-order chi connectivity index (χ0) is 15.4. The van der Waals surface area contributed by atoms with Crippen molar-refractivity contribution in [3.8, 4) is 0 Å². The highest BCUT2D eigenvalue weighted by atomic mass is 79.9. The van der Waals surface area contributed by atoms with Crippen LogP contribution in [0.15, 0.2) is 28.7 Å². The Balaban J connectivity index is 3.09. The molecule has 0 unspecified atom stereocenters. The minimum atomic E-state index is -3.11. The summed E-state index contributed by atoms with van der Waals surface area (Å²) in [5, 5.41) is -0.384. The second-order valence-corrected chi connectivity index (χ2v) is 9.26. The maximum Gasteiger partial charge on any atom is 0.152 e. The Labute approximate surface area is 139 Å². The molecule has 2 nitrogen and oxygen atoms in total. The Kier molecular flexibility index (Phi) is 6.84. The van der Waals surface area contributed by atoms with Gasteiger partial charge in [-0.2, -0.15) is 0 Å². The first-order valence-electron chi connectivity index (χ1n) is 6.37. The first kappa shape index (κ1) is 18.3. The molecule has 0 N–H and O–H groups in total. The Morgan fingerprint density at radius 2 is 1.75 bits per heavy atom. The summed E-state index contributed by atoms with van der Waals surface area (Å²) >= 11 is 15.8. The van der Waals surface area contributed by atoms with Crippen molar-refractivity contribution in [3.05, 3.63) is 34.3 Å². The third kappa shape index (κ3) is 4.12. The van der Waals surface area contributed by atoms with E-state index in [0.29, 0.717) is 6.42 Å². The standard InChI is InChI=1S/C14H19BrCl2O2S/c1-11(2)20(18,19)8-7-14(9-16,10-17)12-5-3-4-6-13(12)15/h3-6,11H,7-10H2,1-2H3. The summed E-state index contributed by atoms with van der Waals surface area (Å²) < 4.78 is 25.0. The van der Waals surface area contributed by atoms with E-state index >= 15 is 0 Å². The lowest BCUT2D eigenvalue weighted by Gasteiger charge is -2.31. The molecule has 0 radical (unpaired) electrons. The maximum absolute atomic E-state index is 12.0. The molecule has 0 aromatic heterocycles. The van der Waals surface area contributed by atoms with Crippen molar-refractivity contribution in [1.29, 1.82) is 0 Å². The van der Waals surface area contributed by atoms with Crippen molar-refractivity contribution in [2.45, 2.75) is 30.9 Å². The average molecular weight is 402 g/mol. The van der Waals surface area contributed by atoms with Crippen LogP contribution in [-0.4, -0.2) is 31.2 Å². The number of alkyl halides is 2. The van der Waals surface area contributed by atoms with Gasteiger partial charge in [-0.25, -0.2) is 8.42 Å². The number of benzene rings is 1. The van der Waals surface area contributed by atoms with Crippen LogP contribution in [0.4, 0.5) is 0 Å². The molecule has 0 bridgehead atoms. The zero-order valence-electron chi connectivity index (χ0n) is 11.6. The summed E-state index contributed by atoms with van der Waals surface area (Å²) in [5.74, 6) is 0.658. The van der Waals surface area contributed by atoms with E-state index in [0.717, 1.165) is 10.0 Å². The number of hydrogen-bond donors (Lipinski definition) is 0. The van der Waals surface area contributed by atoms with Gasteiger partial charge in [0.25, 0.3) is 0 Å². The van der Waals surface area contributed by atoms with Gasteiger partial charge in [-0.1, -0.05) is 34.1 Å². The van der Waals surface area contributed by atoms with Crippen molar-refractivity contribution in [3.63, 3.8) is 0 Å². The lowest BCUT2D eigenvalue weighted by molar-refractivity contribution is 0.507. The molecule has 6 heteroatoms. The summed E-state index contributed by atoms with van der Waals surface area (Å²) in [6.45, 7) is 3.38. The van der Waals surface area contributed by atoms with Gasteiger partial charge in [0.2, 0.25) is 0 Å². The van der Waals surface area contributed by atoms with E-state index in [1.54, 1.807) is 13.8 Å². The predicted molar refractivity (Wildman–Crippen MR) is 90.8 cm³/mol. The molecule has 0 aliphatic heterocycles. The molecule has 0 saturated heterocycles. The molecule has 20 heavy (non-hydrogen) atoms. The topological polar surface area (TPSA) is 34.1 Å². The highest BCUT2D eigenvalue weighted by Crippen LogP contribution is 2.36. The van der Waals surface area contributed by atoms with E-state index in [-0.39, 0.29) is 22.8 Å². The van der Waals surface area contributed by atoms with Gasteiger partial charge in [0.05, 0.1) is 11.0 Å². The molecule has 0 aliphatic carbocycles. The summed E-state index contributed by atoms with van der Waals surface area (Å²) in [6, 6.07) is 7.67. The van der Waals surface area contributed by atoms with Crippen LogP contribution < -0.4 is 0 Å². The van der Waals surface area contributed by atoms with Crippen LogP contribution in [0.3, 0.4) is 0 Å².